The lowest BCUT2D eigenvalue weighted by atomic mass is 9.90. The fourth-order valence-electron chi connectivity index (χ4n) is 4.30. The highest BCUT2D eigenvalue weighted by Gasteiger charge is 2.30. The van der Waals surface area contributed by atoms with Crippen LogP contribution in [0.15, 0.2) is 54.7 Å². The molecule has 1 N–H and O–H groups in total. The molecule has 1 aromatic heterocycles. The molecule has 2 aliphatic heterocycles. The zero-order chi connectivity index (χ0) is 23.9. The molecule has 0 unspecified atom stereocenters. The van der Waals surface area contributed by atoms with E-state index in [1.807, 2.05) is 29.0 Å². The largest absolute Gasteiger partial charge is 0.486 e. The van der Waals surface area contributed by atoms with Crippen LogP contribution in [-0.4, -0.2) is 50.8 Å². The van der Waals surface area contributed by atoms with Crippen molar-refractivity contribution in [1.29, 1.82) is 0 Å². The lowest BCUT2D eigenvalue weighted by molar-refractivity contribution is -0.137. The number of rotatable bonds is 5. The molecule has 0 aliphatic carbocycles. The molecule has 5 rings (SSSR count). The van der Waals surface area contributed by atoms with Crippen LogP contribution in [0, 0.1) is 0 Å². The Labute approximate surface area is 196 Å². The van der Waals surface area contributed by atoms with Crippen molar-refractivity contribution in [2.45, 2.75) is 12.3 Å². The summed E-state index contributed by atoms with van der Waals surface area (Å²) in [6, 6.07) is 14.3. The molecule has 0 bridgehead atoms. The highest BCUT2D eigenvalue weighted by Crippen LogP contribution is 2.41. The molecule has 10 heteroatoms. The van der Waals surface area contributed by atoms with Gasteiger partial charge in [0.2, 0.25) is 10.0 Å². The second kappa shape index (κ2) is 8.53. The number of ether oxygens (including phenoxy) is 3. The standard InChI is InChI=1S/C24H22N2O7S/c1-31-24(28)14-34(29,30)25-16-6-4-15(5-7-16)17-11-21(27)18-12-22-23(33-10-9-32-22)13-20(18)26-8-2-3-19(17)26/h2-8,12-13,17,25H,9-11,14H2,1H3/t17-/m0/s1. The molecule has 3 heterocycles. The van der Waals surface area contributed by atoms with E-state index in [9.17, 15) is 18.0 Å². The number of fused-ring (bicyclic) bond motifs is 4. The van der Waals surface area contributed by atoms with Crippen LogP contribution >= 0.6 is 0 Å². The molecule has 0 spiro atoms. The molecule has 2 aliphatic rings. The second-order valence-electron chi connectivity index (χ2n) is 8.06. The highest BCUT2D eigenvalue weighted by atomic mass is 32.2. The van der Waals surface area contributed by atoms with Crippen LogP contribution in [-0.2, 0) is 19.6 Å². The number of aromatic nitrogens is 1. The van der Waals surface area contributed by atoms with Gasteiger partial charge < -0.3 is 18.8 Å². The molecule has 1 atom stereocenters. The van der Waals surface area contributed by atoms with E-state index in [4.69, 9.17) is 9.47 Å². The van der Waals surface area contributed by atoms with Gasteiger partial charge in [-0.25, -0.2) is 8.42 Å². The number of carbonyl (C=O) groups is 2. The average molecular weight is 483 g/mol. The predicted molar refractivity (Wildman–Crippen MR) is 123 cm³/mol. The van der Waals surface area contributed by atoms with E-state index in [-0.39, 0.29) is 18.1 Å². The molecule has 9 nitrogen and oxygen atoms in total. The van der Waals surface area contributed by atoms with Gasteiger partial charge in [0.25, 0.3) is 0 Å². The van der Waals surface area contributed by atoms with Gasteiger partial charge in [0.1, 0.15) is 13.2 Å². The summed E-state index contributed by atoms with van der Waals surface area (Å²) < 4.78 is 44.4. The van der Waals surface area contributed by atoms with Crippen LogP contribution in [0.4, 0.5) is 5.69 Å². The van der Waals surface area contributed by atoms with Gasteiger partial charge in [-0.05, 0) is 35.9 Å². The minimum Gasteiger partial charge on any atom is -0.486 e. The van der Waals surface area contributed by atoms with Gasteiger partial charge in [0.05, 0.1) is 12.8 Å². The average Bonchev–Trinajstić information content (AvgIpc) is 3.27. The topological polar surface area (TPSA) is 113 Å². The Morgan fingerprint density at radius 1 is 1.12 bits per heavy atom. The summed E-state index contributed by atoms with van der Waals surface area (Å²) >= 11 is 0. The van der Waals surface area contributed by atoms with Gasteiger partial charge in [0, 0.05) is 41.5 Å². The number of carbonyl (C=O) groups excluding carboxylic acids is 2. The number of ketones is 1. The van der Waals surface area contributed by atoms with Crippen LogP contribution in [0.25, 0.3) is 5.69 Å². The van der Waals surface area contributed by atoms with Crippen molar-refractivity contribution >= 4 is 27.5 Å². The molecular formula is C24H22N2O7S. The third kappa shape index (κ3) is 4.12. The first-order chi connectivity index (χ1) is 16.3. The maximum Gasteiger partial charge on any atom is 0.322 e. The van der Waals surface area contributed by atoms with Crippen LogP contribution in [0.1, 0.15) is 34.0 Å². The molecule has 0 saturated carbocycles. The zero-order valence-corrected chi connectivity index (χ0v) is 19.1. The minimum absolute atomic E-state index is 0.0245. The van der Waals surface area contributed by atoms with Gasteiger partial charge in [-0.2, -0.15) is 0 Å². The molecule has 0 amide bonds. The van der Waals surface area contributed by atoms with Gasteiger partial charge in [-0.1, -0.05) is 12.1 Å². The monoisotopic (exact) mass is 482 g/mol. The third-order valence-corrected chi connectivity index (χ3v) is 7.03. The molecule has 2 aromatic carbocycles. The number of esters is 1. The quantitative estimate of drug-likeness (QED) is 0.557. The second-order valence-corrected chi connectivity index (χ2v) is 9.78. The first-order valence-electron chi connectivity index (χ1n) is 10.7. The van der Waals surface area contributed by atoms with E-state index < -0.39 is 21.7 Å². The maximum absolute atomic E-state index is 13.3. The van der Waals surface area contributed by atoms with Gasteiger partial charge >= 0.3 is 5.97 Å². The van der Waals surface area contributed by atoms with E-state index in [0.29, 0.717) is 36.0 Å². The van der Waals surface area contributed by atoms with E-state index in [2.05, 4.69) is 9.46 Å². The van der Waals surface area contributed by atoms with Crippen molar-refractivity contribution < 1.29 is 32.2 Å². The normalized spacial score (nSPS) is 16.7. The predicted octanol–water partition coefficient (Wildman–Crippen LogP) is 2.88. The van der Waals surface area contributed by atoms with Crippen LogP contribution in [0.5, 0.6) is 11.5 Å². The van der Waals surface area contributed by atoms with Gasteiger partial charge in [-0.15, -0.1) is 0 Å². The number of hydrogen-bond acceptors (Lipinski definition) is 7. The van der Waals surface area contributed by atoms with Crippen molar-refractivity contribution in [1.82, 2.24) is 4.57 Å². The van der Waals surface area contributed by atoms with Crippen molar-refractivity contribution in [2.24, 2.45) is 0 Å². The van der Waals surface area contributed by atoms with Gasteiger partial charge in [0.15, 0.2) is 23.0 Å². The third-order valence-electron chi connectivity index (χ3n) is 5.87. The smallest absolute Gasteiger partial charge is 0.322 e. The summed E-state index contributed by atoms with van der Waals surface area (Å²) in [5, 5.41) is 0. The maximum atomic E-state index is 13.3. The first-order valence-corrected chi connectivity index (χ1v) is 12.3. The summed E-state index contributed by atoms with van der Waals surface area (Å²) in [5.41, 5.74) is 3.41. The van der Waals surface area contributed by atoms with E-state index in [1.54, 1.807) is 30.3 Å². The molecule has 0 fully saturated rings. The number of anilines is 1. The number of Topliss-reactive ketones (excluding diaryl/α,β-unsaturated/α-hetero) is 1. The number of sulfonamides is 1. The zero-order valence-electron chi connectivity index (χ0n) is 18.3. The summed E-state index contributed by atoms with van der Waals surface area (Å²) in [4.78, 5) is 24.6. The van der Waals surface area contributed by atoms with Gasteiger partial charge in [-0.3, -0.25) is 14.3 Å². The number of methoxy groups -OCH3 is 1. The molecule has 0 radical (unpaired) electrons. The number of nitrogens with zero attached hydrogens (tertiary/aromatic N) is 1. The number of benzene rings is 2. The van der Waals surface area contributed by atoms with Crippen molar-refractivity contribution in [3.8, 4) is 17.2 Å². The van der Waals surface area contributed by atoms with Crippen LogP contribution in [0.2, 0.25) is 0 Å². The Balaban J connectivity index is 1.46. The fourth-order valence-corrected chi connectivity index (χ4v) is 5.30. The van der Waals surface area contributed by atoms with Crippen LogP contribution in [0.3, 0.4) is 0 Å². The lowest BCUT2D eigenvalue weighted by Gasteiger charge is -2.21. The summed E-state index contributed by atoms with van der Waals surface area (Å²) in [6.45, 7) is 0.893. The van der Waals surface area contributed by atoms with Crippen molar-refractivity contribution in [2.75, 3.05) is 30.8 Å². The van der Waals surface area contributed by atoms with E-state index in [0.717, 1.165) is 24.1 Å². The Morgan fingerprint density at radius 2 is 1.82 bits per heavy atom. The molecule has 0 saturated heterocycles. The fraction of sp³-hybridized carbons (Fsp3) is 0.250. The highest BCUT2D eigenvalue weighted by molar-refractivity contribution is 7.93. The first kappa shape index (κ1) is 22.0. The molecule has 176 valence electrons. The molecule has 34 heavy (non-hydrogen) atoms. The Bertz CT molecular complexity index is 1380. The SMILES string of the molecule is COC(=O)CS(=O)(=O)Nc1ccc([C@@H]2CC(=O)c3cc4c(cc3-n3cccc32)OCCO4)cc1. The summed E-state index contributed by atoms with van der Waals surface area (Å²) in [5.74, 6) is -0.712. The Morgan fingerprint density at radius 3 is 2.53 bits per heavy atom. The number of nitrogens with one attached hydrogen (secondary N) is 1. The minimum atomic E-state index is -3.89. The van der Waals surface area contributed by atoms with E-state index >= 15 is 0 Å². The Kier molecular flexibility index (Phi) is 5.52. The summed E-state index contributed by atoms with van der Waals surface area (Å²) in [6.07, 6.45) is 2.15. The van der Waals surface area contributed by atoms with Crippen molar-refractivity contribution in [3.05, 3.63) is 71.5 Å². The number of hydrogen-bond donors (Lipinski definition) is 1. The molecule has 3 aromatic rings. The Hall–Kier alpha value is -3.79. The molecular weight excluding hydrogens is 460 g/mol. The van der Waals surface area contributed by atoms with Crippen molar-refractivity contribution in [3.63, 3.8) is 0 Å². The van der Waals surface area contributed by atoms with Crippen LogP contribution < -0.4 is 14.2 Å². The summed E-state index contributed by atoms with van der Waals surface area (Å²) in [7, 11) is -2.76. The van der Waals surface area contributed by atoms with E-state index in [1.165, 1.54) is 0 Å². The lowest BCUT2D eigenvalue weighted by Crippen LogP contribution is -2.23.